The quantitative estimate of drug-likeness (QED) is 0.194. The minimum atomic E-state index is -1.94. The molecule has 3 nitrogen and oxygen atoms in total. The molecule has 0 saturated carbocycles. The SMILES string of the molecule is C=CC[Si](CC=C)(CC=C)N=[N+]=[N-]. The molecule has 4 heteroatoms. The Kier molecular flexibility index (Phi) is 5.68. The van der Waals surface area contributed by atoms with Crippen molar-refractivity contribution in [3.8, 4) is 0 Å². The topological polar surface area (TPSA) is 48.8 Å². The van der Waals surface area contributed by atoms with Crippen LogP contribution in [-0.2, 0) is 0 Å². The fraction of sp³-hybridized carbons (Fsp3) is 0.333. The largest absolute Gasteiger partial charge is 0.166 e. The first-order chi connectivity index (χ1) is 6.24. The van der Waals surface area contributed by atoms with Gasteiger partial charge in [0.15, 0.2) is 8.24 Å². The van der Waals surface area contributed by atoms with Crippen LogP contribution in [-0.4, -0.2) is 8.24 Å². The van der Waals surface area contributed by atoms with Gasteiger partial charge >= 0.3 is 0 Å². The van der Waals surface area contributed by atoms with Crippen molar-refractivity contribution in [1.82, 2.24) is 0 Å². The second-order valence-electron chi connectivity index (χ2n) is 2.89. The van der Waals surface area contributed by atoms with Crippen LogP contribution in [0.1, 0.15) is 0 Å². The maximum Gasteiger partial charge on any atom is 0.166 e. The highest BCUT2D eigenvalue weighted by Crippen LogP contribution is 2.24. The molecule has 0 rings (SSSR count). The molecule has 70 valence electrons. The minimum absolute atomic E-state index is 0.787. The molecule has 0 aliphatic heterocycles. The summed E-state index contributed by atoms with van der Waals surface area (Å²) in [7, 11) is -1.94. The van der Waals surface area contributed by atoms with Crippen LogP contribution in [0, 0.1) is 0 Å². The standard InChI is InChI=1S/C9H15N3Si/c1-4-7-13(8-5-2,9-6-3)12-11-10/h4-6H,1-3,7-9H2. The predicted octanol–water partition coefficient (Wildman–Crippen LogP) is 3.80. The highest BCUT2D eigenvalue weighted by molar-refractivity contribution is 6.79. The first-order valence-corrected chi connectivity index (χ1v) is 6.70. The molecule has 0 aromatic heterocycles. The fourth-order valence-electron chi connectivity index (χ4n) is 1.27. The molecular formula is C9H15N3Si. The van der Waals surface area contributed by atoms with E-state index in [-0.39, 0.29) is 0 Å². The summed E-state index contributed by atoms with van der Waals surface area (Å²) in [5.41, 5.74) is 8.47. The lowest BCUT2D eigenvalue weighted by Crippen LogP contribution is -2.28. The summed E-state index contributed by atoms with van der Waals surface area (Å²) in [6.45, 7) is 11.0. The molecule has 0 unspecified atom stereocenters. The van der Waals surface area contributed by atoms with E-state index in [0.717, 1.165) is 18.1 Å². The molecule has 0 spiro atoms. The van der Waals surface area contributed by atoms with Crippen LogP contribution in [0.15, 0.2) is 42.7 Å². The molecule has 0 fully saturated rings. The van der Waals surface area contributed by atoms with Crippen LogP contribution in [0.3, 0.4) is 0 Å². The minimum Gasteiger partial charge on any atom is -0.123 e. The molecule has 0 aromatic rings. The van der Waals surface area contributed by atoms with E-state index >= 15 is 0 Å². The van der Waals surface area contributed by atoms with Gasteiger partial charge in [0, 0.05) is 0 Å². The van der Waals surface area contributed by atoms with Crippen molar-refractivity contribution >= 4 is 8.24 Å². The van der Waals surface area contributed by atoms with Gasteiger partial charge in [-0.25, -0.2) is 0 Å². The van der Waals surface area contributed by atoms with E-state index in [9.17, 15) is 0 Å². The van der Waals surface area contributed by atoms with Gasteiger partial charge in [-0.05, 0) is 28.6 Å². The van der Waals surface area contributed by atoms with Crippen LogP contribution in [0.25, 0.3) is 10.4 Å². The molecular weight excluding hydrogens is 178 g/mol. The van der Waals surface area contributed by atoms with E-state index in [1.807, 2.05) is 18.2 Å². The van der Waals surface area contributed by atoms with Gasteiger partial charge in [-0.1, -0.05) is 18.2 Å². The van der Waals surface area contributed by atoms with E-state index in [2.05, 4.69) is 29.4 Å². The average molecular weight is 193 g/mol. The lowest BCUT2D eigenvalue weighted by atomic mass is 10.7. The first-order valence-electron chi connectivity index (χ1n) is 4.13. The summed E-state index contributed by atoms with van der Waals surface area (Å²) >= 11 is 0. The zero-order valence-electron chi connectivity index (χ0n) is 7.82. The Morgan fingerprint density at radius 1 is 1.08 bits per heavy atom. The second-order valence-corrected chi connectivity index (χ2v) is 6.77. The zero-order valence-corrected chi connectivity index (χ0v) is 8.82. The normalized spacial score (nSPS) is 9.85. The Morgan fingerprint density at radius 2 is 1.46 bits per heavy atom. The second kappa shape index (κ2) is 6.28. The van der Waals surface area contributed by atoms with Crippen molar-refractivity contribution in [3.05, 3.63) is 48.4 Å². The lowest BCUT2D eigenvalue weighted by molar-refractivity contribution is 1.29. The van der Waals surface area contributed by atoms with Crippen molar-refractivity contribution in [2.24, 2.45) is 4.78 Å². The zero-order chi connectivity index (χ0) is 10.2. The molecule has 0 radical (unpaired) electrons. The number of azide groups is 1. The van der Waals surface area contributed by atoms with Gasteiger partial charge in [0.1, 0.15) is 0 Å². The molecule has 0 aliphatic carbocycles. The van der Waals surface area contributed by atoms with Gasteiger partial charge in [0.2, 0.25) is 0 Å². The van der Waals surface area contributed by atoms with Crippen molar-refractivity contribution in [2.45, 2.75) is 18.1 Å². The molecule has 0 atom stereocenters. The molecule has 0 aliphatic rings. The highest BCUT2D eigenvalue weighted by Gasteiger charge is 2.27. The van der Waals surface area contributed by atoms with Crippen molar-refractivity contribution in [3.63, 3.8) is 0 Å². The number of hydrogen-bond acceptors (Lipinski definition) is 1. The first kappa shape index (κ1) is 11.7. The van der Waals surface area contributed by atoms with E-state index in [1.54, 1.807) is 0 Å². The van der Waals surface area contributed by atoms with Gasteiger partial charge in [0.25, 0.3) is 0 Å². The third-order valence-corrected chi connectivity index (χ3v) is 5.49. The molecule has 0 bridgehead atoms. The number of rotatable bonds is 7. The summed E-state index contributed by atoms with van der Waals surface area (Å²) in [5.74, 6) is 0. The van der Waals surface area contributed by atoms with Crippen molar-refractivity contribution in [2.75, 3.05) is 0 Å². The van der Waals surface area contributed by atoms with Gasteiger partial charge in [0.05, 0.1) is 0 Å². The Balaban J connectivity index is 4.75. The van der Waals surface area contributed by atoms with E-state index < -0.39 is 8.24 Å². The van der Waals surface area contributed by atoms with Crippen LogP contribution < -0.4 is 0 Å². The molecule has 13 heavy (non-hydrogen) atoms. The monoisotopic (exact) mass is 193 g/mol. The summed E-state index contributed by atoms with van der Waals surface area (Å²) < 4.78 is 3.93. The summed E-state index contributed by atoms with van der Waals surface area (Å²) in [6, 6.07) is 2.36. The Bertz CT molecular complexity index is 215. The summed E-state index contributed by atoms with van der Waals surface area (Å²) in [6.07, 6.45) is 5.44. The van der Waals surface area contributed by atoms with Crippen molar-refractivity contribution in [1.29, 1.82) is 0 Å². The Morgan fingerprint density at radius 3 is 1.69 bits per heavy atom. The lowest BCUT2D eigenvalue weighted by Gasteiger charge is -2.21. The van der Waals surface area contributed by atoms with Crippen molar-refractivity contribution < 1.29 is 0 Å². The molecule has 0 heterocycles. The Labute approximate surface area is 80.2 Å². The highest BCUT2D eigenvalue weighted by atomic mass is 28.3. The number of nitrogens with zero attached hydrogens (tertiary/aromatic N) is 3. The van der Waals surface area contributed by atoms with Gasteiger partial charge < -0.3 is 0 Å². The van der Waals surface area contributed by atoms with Gasteiger partial charge in [-0.2, -0.15) is 0 Å². The van der Waals surface area contributed by atoms with Gasteiger partial charge in [-0.3, -0.25) is 0 Å². The third kappa shape index (κ3) is 3.78. The summed E-state index contributed by atoms with van der Waals surface area (Å²) in [5, 5.41) is 0. The Hall–Kier alpha value is -1.25. The number of allylic oxidation sites excluding steroid dienone is 3. The predicted molar refractivity (Wildman–Crippen MR) is 59.9 cm³/mol. The fourth-order valence-corrected chi connectivity index (χ4v) is 3.82. The van der Waals surface area contributed by atoms with Crippen LogP contribution in [0.5, 0.6) is 0 Å². The van der Waals surface area contributed by atoms with Gasteiger partial charge in [-0.15, -0.1) is 24.5 Å². The van der Waals surface area contributed by atoms with Crippen LogP contribution in [0.4, 0.5) is 0 Å². The van der Waals surface area contributed by atoms with E-state index in [4.69, 9.17) is 5.53 Å². The third-order valence-electron chi connectivity index (χ3n) is 1.83. The molecule has 0 amide bonds. The van der Waals surface area contributed by atoms with Crippen LogP contribution >= 0.6 is 0 Å². The summed E-state index contributed by atoms with van der Waals surface area (Å²) in [4.78, 5) is 2.91. The average Bonchev–Trinajstić information content (AvgIpc) is 2.06. The van der Waals surface area contributed by atoms with E-state index in [0.29, 0.717) is 0 Å². The smallest absolute Gasteiger partial charge is 0.123 e. The van der Waals surface area contributed by atoms with Crippen LogP contribution in [0.2, 0.25) is 18.1 Å². The number of hydrogen-bond donors (Lipinski definition) is 0. The molecule has 0 N–H and O–H groups in total. The molecule has 0 aromatic carbocycles. The van der Waals surface area contributed by atoms with E-state index in [1.165, 1.54) is 0 Å². The molecule has 0 saturated heterocycles. The maximum absolute atomic E-state index is 8.47. The maximum atomic E-state index is 8.47.